The van der Waals surface area contributed by atoms with Crippen LogP contribution < -0.4 is 10.2 Å². The van der Waals surface area contributed by atoms with Crippen LogP contribution in [0.5, 0.6) is 0 Å². The van der Waals surface area contributed by atoms with Gasteiger partial charge in [-0.25, -0.2) is 4.98 Å². The van der Waals surface area contributed by atoms with Crippen molar-refractivity contribution in [1.82, 2.24) is 15.2 Å². The molecule has 0 saturated carbocycles. The lowest BCUT2D eigenvalue weighted by Gasteiger charge is -2.36. The summed E-state index contributed by atoms with van der Waals surface area (Å²) in [6, 6.07) is 11.6. The third-order valence-electron chi connectivity index (χ3n) is 4.90. The molecule has 148 valence electrons. The third kappa shape index (κ3) is 5.32. The van der Waals surface area contributed by atoms with Gasteiger partial charge < -0.3 is 15.1 Å². The lowest BCUT2D eigenvalue weighted by Crippen LogP contribution is -2.49. The van der Waals surface area contributed by atoms with E-state index in [9.17, 15) is 9.59 Å². The molecule has 28 heavy (non-hydrogen) atoms. The Morgan fingerprint density at radius 3 is 2.36 bits per heavy atom. The molecule has 1 aromatic heterocycles. The number of carbonyl (C=O) groups is 2. The fourth-order valence-electron chi connectivity index (χ4n) is 3.34. The second-order valence-electron chi connectivity index (χ2n) is 7.07. The van der Waals surface area contributed by atoms with Crippen molar-refractivity contribution in [2.45, 2.75) is 26.3 Å². The number of nitrogens with zero attached hydrogens (tertiary/aromatic N) is 3. The molecule has 1 saturated heterocycles. The highest BCUT2D eigenvalue weighted by molar-refractivity contribution is 9.10. The van der Waals surface area contributed by atoms with Gasteiger partial charge in [0, 0.05) is 43.8 Å². The Labute approximate surface area is 174 Å². The van der Waals surface area contributed by atoms with E-state index in [2.05, 4.69) is 31.1 Å². The zero-order valence-electron chi connectivity index (χ0n) is 16.2. The van der Waals surface area contributed by atoms with E-state index in [0.717, 1.165) is 34.5 Å². The molecule has 1 N–H and O–H groups in total. The molecule has 0 bridgehead atoms. The fraction of sp³-hybridized carbons (Fsp3) is 0.381. The third-order valence-corrected chi connectivity index (χ3v) is 5.37. The van der Waals surface area contributed by atoms with Crippen molar-refractivity contribution in [3.05, 3.63) is 58.2 Å². The highest BCUT2D eigenvalue weighted by atomic mass is 79.9. The number of anilines is 1. The number of amides is 2. The number of aryl methyl sites for hydroxylation is 1. The van der Waals surface area contributed by atoms with E-state index in [1.54, 1.807) is 6.20 Å². The monoisotopic (exact) mass is 444 g/mol. The van der Waals surface area contributed by atoms with E-state index >= 15 is 0 Å². The Morgan fingerprint density at radius 1 is 1.11 bits per heavy atom. The maximum Gasteiger partial charge on any atom is 0.225 e. The molecule has 1 atom stereocenters. The molecule has 1 fully saturated rings. The van der Waals surface area contributed by atoms with Gasteiger partial charge in [-0.15, -0.1) is 0 Å². The molecular weight excluding hydrogens is 420 g/mol. The summed E-state index contributed by atoms with van der Waals surface area (Å²) in [6.45, 7) is 6.29. The van der Waals surface area contributed by atoms with E-state index < -0.39 is 0 Å². The average Bonchev–Trinajstić information content (AvgIpc) is 2.68. The smallest absolute Gasteiger partial charge is 0.225 e. The molecule has 0 spiro atoms. The van der Waals surface area contributed by atoms with Gasteiger partial charge in [-0.3, -0.25) is 9.59 Å². The summed E-state index contributed by atoms with van der Waals surface area (Å²) in [7, 11) is 0. The number of hydrogen-bond acceptors (Lipinski definition) is 4. The van der Waals surface area contributed by atoms with Crippen molar-refractivity contribution in [2.24, 2.45) is 0 Å². The molecule has 0 radical (unpaired) electrons. The van der Waals surface area contributed by atoms with Gasteiger partial charge >= 0.3 is 0 Å². The van der Waals surface area contributed by atoms with Gasteiger partial charge in [0.25, 0.3) is 0 Å². The number of pyridine rings is 1. The lowest BCUT2D eigenvalue weighted by molar-refractivity contribution is -0.132. The number of halogens is 1. The lowest BCUT2D eigenvalue weighted by atomic mass is 10.0. The quantitative estimate of drug-likeness (QED) is 0.769. The molecule has 6 nitrogen and oxygen atoms in total. The topological polar surface area (TPSA) is 65.5 Å². The first-order chi connectivity index (χ1) is 13.4. The molecule has 1 unspecified atom stereocenters. The normalized spacial score (nSPS) is 15.2. The van der Waals surface area contributed by atoms with Crippen LogP contribution in [-0.2, 0) is 9.59 Å². The Kier molecular flexibility index (Phi) is 6.67. The molecule has 1 aliphatic heterocycles. The molecular formula is C21H25BrN4O2. The zero-order chi connectivity index (χ0) is 20.1. The molecule has 2 amide bonds. The van der Waals surface area contributed by atoms with Crippen LogP contribution in [0.25, 0.3) is 0 Å². The van der Waals surface area contributed by atoms with Crippen molar-refractivity contribution >= 4 is 33.6 Å². The van der Waals surface area contributed by atoms with Gasteiger partial charge in [-0.05, 0) is 40.5 Å². The first-order valence-electron chi connectivity index (χ1n) is 9.40. The first kappa shape index (κ1) is 20.3. The van der Waals surface area contributed by atoms with Crippen molar-refractivity contribution < 1.29 is 9.59 Å². The predicted octanol–water partition coefficient (Wildman–Crippen LogP) is 3.07. The minimum absolute atomic E-state index is 0.0581. The zero-order valence-corrected chi connectivity index (χ0v) is 17.8. The van der Waals surface area contributed by atoms with E-state index in [1.807, 2.05) is 48.2 Å². The summed E-state index contributed by atoms with van der Waals surface area (Å²) in [5.74, 6) is 0.846. The van der Waals surface area contributed by atoms with Gasteiger partial charge in [0.15, 0.2) is 0 Å². The van der Waals surface area contributed by atoms with Crippen LogP contribution in [-0.4, -0.2) is 47.9 Å². The Morgan fingerprint density at radius 2 is 1.79 bits per heavy atom. The number of rotatable bonds is 5. The fourth-order valence-corrected chi connectivity index (χ4v) is 3.57. The van der Waals surface area contributed by atoms with Crippen molar-refractivity contribution in [1.29, 1.82) is 0 Å². The summed E-state index contributed by atoms with van der Waals surface area (Å²) in [5.41, 5.74) is 2.10. The Hall–Kier alpha value is -2.41. The van der Waals surface area contributed by atoms with Gasteiger partial charge in [0.1, 0.15) is 5.82 Å². The molecule has 3 rings (SSSR count). The summed E-state index contributed by atoms with van der Waals surface area (Å²) in [5, 5.41) is 2.91. The minimum atomic E-state index is -0.309. The summed E-state index contributed by atoms with van der Waals surface area (Å²) in [4.78, 5) is 33.0. The van der Waals surface area contributed by atoms with E-state index in [0.29, 0.717) is 13.1 Å². The highest BCUT2D eigenvalue weighted by Crippen LogP contribution is 2.21. The molecule has 1 aromatic carbocycles. The summed E-state index contributed by atoms with van der Waals surface area (Å²) < 4.78 is 0.949. The number of piperazine rings is 1. The summed E-state index contributed by atoms with van der Waals surface area (Å²) >= 11 is 3.40. The minimum Gasteiger partial charge on any atom is -0.353 e. The van der Waals surface area contributed by atoms with Crippen LogP contribution in [0.3, 0.4) is 0 Å². The molecule has 0 aliphatic carbocycles. The van der Waals surface area contributed by atoms with E-state index in [4.69, 9.17) is 0 Å². The standard InChI is InChI=1S/C21H25BrN4O2/c1-15-3-5-17(6-4-15)19(24-16(2)27)13-21(28)26-11-9-25(10-12-26)20-8-7-18(22)14-23-20/h3-8,14,19H,9-13H2,1-2H3,(H,24,27). The number of aromatic nitrogens is 1. The van der Waals surface area contributed by atoms with Gasteiger partial charge in [0.2, 0.25) is 11.8 Å². The number of carbonyl (C=O) groups excluding carboxylic acids is 2. The maximum absolute atomic E-state index is 12.9. The SMILES string of the molecule is CC(=O)NC(CC(=O)N1CCN(c2ccc(Br)cn2)CC1)c1ccc(C)cc1. The predicted molar refractivity (Wildman–Crippen MR) is 113 cm³/mol. The van der Waals surface area contributed by atoms with Crippen LogP contribution in [0.4, 0.5) is 5.82 Å². The van der Waals surface area contributed by atoms with E-state index in [1.165, 1.54) is 6.92 Å². The van der Waals surface area contributed by atoms with Crippen LogP contribution in [0.1, 0.15) is 30.5 Å². The molecule has 1 aliphatic rings. The first-order valence-corrected chi connectivity index (χ1v) is 10.2. The molecule has 7 heteroatoms. The van der Waals surface area contributed by atoms with E-state index in [-0.39, 0.29) is 24.3 Å². The number of nitrogens with one attached hydrogen (secondary N) is 1. The second-order valence-corrected chi connectivity index (χ2v) is 7.99. The molecule has 2 heterocycles. The van der Waals surface area contributed by atoms with Crippen LogP contribution in [0.15, 0.2) is 47.1 Å². The van der Waals surface area contributed by atoms with Gasteiger partial charge in [0.05, 0.1) is 12.5 Å². The average molecular weight is 445 g/mol. The van der Waals surface area contributed by atoms with Gasteiger partial charge in [-0.1, -0.05) is 29.8 Å². The van der Waals surface area contributed by atoms with Gasteiger partial charge in [-0.2, -0.15) is 0 Å². The van der Waals surface area contributed by atoms with Crippen LogP contribution in [0.2, 0.25) is 0 Å². The highest BCUT2D eigenvalue weighted by Gasteiger charge is 2.25. The number of benzene rings is 1. The van der Waals surface area contributed by atoms with Crippen molar-refractivity contribution in [3.8, 4) is 0 Å². The van der Waals surface area contributed by atoms with Crippen LogP contribution >= 0.6 is 15.9 Å². The van der Waals surface area contributed by atoms with Crippen molar-refractivity contribution in [3.63, 3.8) is 0 Å². The molecule has 2 aromatic rings. The Bertz CT molecular complexity index is 815. The Balaban J connectivity index is 1.60. The van der Waals surface area contributed by atoms with Crippen LogP contribution in [0, 0.1) is 6.92 Å². The second kappa shape index (κ2) is 9.19. The summed E-state index contributed by atoms with van der Waals surface area (Å²) in [6.07, 6.45) is 2.05. The van der Waals surface area contributed by atoms with Crippen molar-refractivity contribution in [2.75, 3.05) is 31.1 Å². The maximum atomic E-state index is 12.9. The largest absolute Gasteiger partial charge is 0.353 e. The number of hydrogen-bond donors (Lipinski definition) is 1.